The number of rotatable bonds is 7. The Morgan fingerprint density at radius 3 is 2.71 bits per heavy atom. The minimum absolute atomic E-state index is 0.398. The number of aliphatic hydroxyl groups is 1. The van der Waals surface area contributed by atoms with Gasteiger partial charge in [0.25, 0.3) is 0 Å². The molecule has 4 heteroatoms. The Balaban J connectivity index is 1.58. The van der Waals surface area contributed by atoms with Gasteiger partial charge in [-0.15, -0.1) is 11.3 Å². The highest BCUT2D eigenvalue weighted by Crippen LogP contribution is 2.31. The Morgan fingerprint density at radius 2 is 2.05 bits per heavy atom. The number of hydrogen-bond donors (Lipinski definition) is 1. The lowest BCUT2D eigenvalue weighted by molar-refractivity contribution is 0.136. The van der Waals surface area contributed by atoms with Crippen molar-refractivity contribution in [2.24, 2.45) is 0 Å². The third kappa shape index (κ3) is 4.16. The third-order valence-corrected chi connectivity index (χ3v) is 5.54. The van der Waals surface area contributed by atoms with Crippen LogP contribution in [0.25, 0.3) is 0 Å². The molecule has 1 N–H and O–H groups in total. The molecule has 1 aromatic heterocycles. The second-order valence-corrected chi connectivity index (χ2v) is 7.49. The van der Waals surface area contributed by atoms with Gasteiger partial charge in [-0.05, 0) is 42.3 Å². The van der Waals surface area contributed by atoms with Gasteiger partial charge in [-0.1, -0.05) is 40.2 Å². The van der Waals surface area contributed by atoms with Gasteiger partial charge in [0.2, 0.25) is 0 Å². The second-order valence-electron chi connectivity index (χ2n) is 5.61. The van der Waals surface area contributed by atoms with Crippen LogP contribution in [-0.4, -0.2) is 22.6 Å². The molecule has 2 aromatic rings. The molecule has 1 unspecified atom stereocenters. The molecule has 0 amide bonds. The van der Waals surface area contributed by atoms with Crippen LogP contribution in [-0.2, 0) is 6.54 Å². The molecule has 21 heavy (non-hydrogen) atoms. The van der Waals surface area contributed by atoms with Crippen molar-refractivity contribution in [1.82, 2.24) is 4.90 Å². The molecule has 0 saturated heterocycles. The van der Waals surface area contributed by atoms with E-state index in [1.165, 1.54) is 17.7 Å². The molecule has 1 aliphatic carbocycles. The van der Waals surface area contributed by atoms with Gasteiger partial charge in [0.15, 0.2) is 0 Å². The fourth-order valence-corrected chi connectivity index (χ4v) is 3.90. The summed E-state index contributed by atoms with van der Waals surface area (Å²) in [5.41, 5.74) is 0.990. The molecule has 1 fully saturated rings. The van der Waals surface area contributed by atoms with Gasteiger partial charge in [0.1, 0.15) is 0 Å². The summed E-state index contributed by atoms with van der Waals surface area (Å²) in [6, 6.07) is 13.0. The summed E-state index contributed by atoms with van der Waals surface area (Å²) in [5.74, 6) is 0. The van der Waals surface area contributed by atoms with Gasteiger partial charge in [0.05, 0.1) is 6.10 Å². The number of hydrogen-bond acceptors (Lipinski definition) is 3. The van der Waals surface area contributed by atoms with E-state index in [9.17, 15) is 5.11 Å². The van der Waals surface area contributed by atoms with Crippen LogP contribution in [0.3, 0.4) is 0 Å². The molecule has 1 aliphatic rings. The summed E-state index contributed by atoms with van der Waals surface area (Å²) in [4.78, 5) is 3.93. The van der Waals surface area contributed by atoms with Gasteiger partial charge in [-0.3, -0.25) is 4.90 Å². The number of benzene rings is 1. The lowest BCUT2D eigenvalue weighted by atomic mass is 10.1. The van der Waals surface area contributed by atoms with E-state index in [1.54, 1.807) is 0 Å². The molecule has 1 saturated carbocycles. The van der Waals surface area contributed by atoms with Crippen molar-refractivity contribution < 1.29 is 5.11 Å². The van der Waals surface area contributed by atoms with Gasteiger partial charge < -0.3 is 5.11 Å². The van der Waals surface area contributed by atoms with Crippen molar-refractivity contribution in [3.05, 3.63) is 56.7 Å². The first kappa shape index (κ1) is 15.2. The summed E-state index contributed by atoms with van der Waals surface area (Å²) < 4.78 is 0.994. The first-order valence-corrected chi connectivity index (χ1v) is 9.10. The van der Waals surface area contributed by atoms with E-state index in [2.05, 4.69) is 38.3 Å². The second kappa shape index (κ2) is 7.05. The topological polar surface area (TPSA) is 23.5 Å². The SMILES string of the molecule is OC(CCN(Cc1cccs1)C1CC1)c1ccccc1Br. The maximum absolute atomic E-state index is 10.4. The van der Waals surface area contributed by atoms with E-state index < -0.39 is 6.10 Å². The van der Waals surface area contributed by atoms with Gasteiger partial charge in [-0.25, -0.2) is 0 Å². The normalized spacial score (nSPS) is 16.3. The van der Waals surface area contributed by atoms with Gasteiger partial charge in [-0.2, -0.15) is 0 Å². The molecule has 0 spiro atoms. The zero-order valence-corrected chi connectivity index (χ0v) is 14.3. The van der Waals surface area contributed by atoms with Crippen molar-refractivity contribution in [1.29, 1.82) is 0 Å². The number of nitrogens with zero attached hydrogens (tertiary/aromatic N) is 1. The highest BCUT2D eigenvalue weighted by Gasteiger charge is 2.29. The maximum atomic E-state index is 10.4. The Hall–Kier alpha value is -0.680. The predicted octanol–water partition coefficient (Wildman–Crippen LogP) is 4.60. The molecule has 1 heterocycles. The molecule has 112 valence electrons. The highest BCUT2D eigenvalue weighted by atomic mass is 79.9. The van der Waals surface area contributed by atoms with Crippen molar-refractivity contribution in [3.63, 3.8) is 0 Å². The Morgan fingerprint density at radius 1 is 1.24 bits per heavy atom. The van der Waals surface area contributed by atoms with Crippen molar-refractivity contribution in [2.75, 3.05) is 6.54 Å². The van der Waals surface area contributed by atoms with E-state index >= 15 is 0 Å². The standard InChI is InChI=1S/C17H20BrNOS/c18-16-6-2-1-5-15(16)17(20)9-10-19(13-7-8-13)12-14-4-3-11-21-14/h1-6,11,13,17,20H,7-10,12H2. The van der Waals surface area contributed by atoms with Gasteiger partial charge >= 0.3 is 0 Å². The quantitative estimate of drug-likeness (QED) is 0.774. The molecule has 0 aliphatic heterocycles. The lowest BCUT2D eigenvalue weighted by Gasteiger charge is -2.23. The highest BCUT2D eigenvalue weighted by molar-refractivity contribution is 9.10. The molecule has 1 atom stereocenters. The fraction of sp³-hybridized carbons (Fsp3) is 0.412. The summed E-state index contributed by atoms with van der Waals surface area (Å²) in [7, 11) is 0. The first-order chi connectivity index (χ1) is 10.2. The van der Waals surface area contributed by atoms with Crippen LogP contribution in [0.15, 0.2) is 46.3 Å². The Labute approximate surface area is 138 Å². The maximum Gasteiger partial charge on any atom is 0.0813 e. The minimum Gasteiger partial charge on any atom is -0.388 e. The molecule has 0 bridgehead atoms. The number of halogens is 1. The average molecular weight is 366 g/mol. The number of aliphatic hydroxyl groups excluding tert-OH is 1. The van der Waals surface area contributed by atoms with E-state index in [-0.39, 0.29) is 0 Å². The van der Waals surface area contributed by atoms with Crippen LogP contribution in [0.1, 0.15) is 35.8 Å². The van der Waals surface area contributed by atoms with Crippen LogP contribution in [0.2, 0.25) is 0 Å². The van der Waals surface area contributed by atoms with Crippen molar-refractivity contribution in [3.8, 4) is 0 Å². The van der Waals surface area contributed by atoms with Crippen LogP contribution in [0, 0.1) is 0 Å². The van der Waals surface area contributed by atoms with E-state index in [1.807, 2.05) is 35.6 Å². The van der Waals surface area contributed by atoms with E-state index in [4.69, 9.17) is 0 Å². The van der Waals surface area contributed by atoms with Crippen LogP contribution < -0.4 is 0 Å². The fourth-order valence-electron chi connectivity index (χ4n) is 2.62. The monoisotopic (exact) mass is 365 g/mol. The summed E-state index contributed by atoms with van der Waals surface area (Å²) in [6.07, 6.45) is 2.99. The number of thiophene rings is 1. The molecular weight excluding hydrogens is 346 g/mol. The molecular formula is C17H20BrNOS. The zero-order chi connectivity index (χ0) is 14.7. The summed E-state index contributed by atoms with van der Waals surface area (Å²) in [6.45, 7) is 1.97. The average Bonchev–Trinajstić information content (AvgIpc) is 3.21. The summed E-state index contributed by atoms with van der Waals surface area (Å²) >= 11 is 5.34. The third-order valence-electron chi connectivity index (χ3n) is 3.96. The molecule has 2 nitrogen and oxygen atoms in total. The van der Waals surface area contributed by atoms with Crippen LogP contribution >= 0.6 is 27.3 Å². The molecule has 3 rings (SSSR count). The molecule has 1 aromatic carbocycles. The Bertz CT molecular complexity index is 568. The zero-order valence-electron chi connectivity index (χ0n) is 11.9. The van der Waals surface area contributed by atoms with Crippen LogP contribution in [0.4, 0.5) is 0 Å². The largest absolute Gasteiger partial charge is 0.388 e. The lowest BCUT2D eigenvalue weighted by Crippen LogP contribution is -2.27. The van der Waals surface area contributed by atoms with Crippen LogP contribution in [0.5, 0.6) is 0 Å². The van der Waals surface area contributed by atoms with E-state index in [0.29, 0.717) is 0 Å². The molecule has 0 radical (unpaired) electrons. The summed E-state index contributed by atoms with van der Waals surface area (Å²) in [5, 5.41) is 12.6. The predicted molar refractivity (Wildman–Crippen MR) is 91.5 cm³/mol. The van der Waals surface area contributed by atoms with Crippen molar-refractivity contribution in [2.45, 2.75) is 38.0 Å². The Kier molecular flexibility index (Phi) is 5.11. The van der Waals surface area contributed by atoms with Gasteiger partial charge in [0, 0.05) is 28.5 Å². The van der Waals surface area contributed by atoms with Crippen molar-refractivity contribution >= 4 is 27.3 Å². The van der Waals surface area contributed by atoms with E-state index in [0.717, 1.165) is 35.6 Å². The first-order valence-electron chi connectivity index (χ1n) is 7.43. The minimum atomic E-state index is -0.398. The smallest absolute Gasteiger partial charge is 0.0813 e.